The molecule has 0 aromatic heterocycles. The lowest BCUT2D eigenvalue weighted by Crippen LogP contribution is -2.32. The van der Waals surface area contributed by atoms with Crippen molar-refractivity contribution in [3.05, 3.63) is 48.6 Å². The average Bonchev–Trinajstić information content (AvgIpc) is 3.04. The van der Waals surface area contributed by atoms with Crippen LogP contribution in [0, 0.1) is 0 Å². The Morgan fingerprint density at radius 2 is 0.804 bits per heavy atom. The Balaban J connectivity index is 4.01. The minimum absolute atomic E-state index is 0.432. The highest BCUT2D eigenvalue weighted by atomic mass is 16.1. The van der Waals surface area contributed by atoms with Crippen molar-refractivity contribution in [1.82, 2.24) is 9.80 Å². The van der Waals surface area contributed by atoms with Gasteiger partial charge in [0.15, 0.2) is 0 Å². The number of carbonyl (C=O) groups excluding carboxylic acids is 1. The van der Waals surface area contributed by atoms with Gasteiger partial charge in [-0.25, -0.2) is 0 Å². The lowest BCUT2D eigenvalue weighted by atomic mass is 10.1. The first kappa shape index (κ1) is 44.5. The van der Waals surface area contributed by atoms with Crippen LogP contribution >= 0.6 is 0 Å². The van der Waals surface area contributed by atoms with Gasteiger partial charge < -0.3 is 4.90 Å². The minimum atomic E-state index is 0.432. The molecule has 3 nitrogen and oxygen atoms in total. The molecule has 0 bridgehead atoms. The second-order valence-electron chi connectivity index (χ2n) is 13.9. The van der Waals surface area contributed by atoms with Gasteiger partial charge >= 0.3 is 0 Å². The molecule has 0 saturated carbocycles. The molecule has 0 aliphatic rings. The first-order valence-corrected chi connectivity index (χ1v) is 20.1. The zero-order chi connectivity index (χ0) is 33.6. The molecular formula is C43H80N2O. The fourth-order valence-corrected chi connectivity index (χ4v) is 5.84. The summed E-state index contributed by atoms with van der Waals surface area (Å²) in [5, 5.41) is 0. The van der Waals surface area contributed by atoms with E-state index in [1.165, 1.54) is 141 Å². The van der Waals surface area contributed by atoms with E-state index in [4.69, 9.17) is 0 Å². The van der Waals surface area contributed by atoms with Crippen molar-refractivity contribution in [3.8, 4) is 0 Å². The van der Waals surface area contributed by atoms with Crippen molar-refractivity contribution < 1.29 is 4.79 Å². The SMILES string of the molecule is CCCCC/C=C\C/C=C\CCCCCCCCN(CCCCCCCC/C=C\C/C=C\CCCCC)CC(=O)CCCN(C)C. The predicted molar refractivity (Wildman–Crippen MR) is 208 cm³/mol. The van der Waals surface area contributed by atoms with Crippen molar-refractivity contribution in [2.24, 2.45) is 0 Å². The van der Waals surface area contributed by atoms with Gasteiger partial charge in [-0.3, -0.25) is 9.69 Å². The second-order valence-corrected chi connectivity index (χ2v) is 13.9. The molecule has 0 fully saturated rings. The smallest absolute Gasteiger partial charge is 0.146 e. The second kappa shape index (κ2) is 38.0. The minimum Gasteiger partial charge on any atom is -0.309 e. The number of ketones is 1. The number of hydrogen-bond acceptors (Lipinski definition) is 3. The highest BCUT2D eigenvalue weighted by molar-refractivity contribution is 5.80. The summed E-state index contributed by atoms with van der Waals surface area (Å²) in [7, 11) is 4.18. The summed E-state index contributed by atoms with van der Waals surface area (Å²) in [6.07, 6.45) is 51.3. The number of Topliss-reactive ketones (excluding diaryl/α,β-unsaturated/α-hetero) is 1. The topological polar surface area (TPSA) is 23.6 Å². The van der Waals surface area contributed by atoms with Gasteiger partial charge in [-0.2, -0.15) is 0 Å². The van der Waals surface area contributed by atoms with E-state index < -0.39 is 0 Å². The van der Waals surface area contributed by atoms with Crippen LogP contribution in [-0.2, 0) is 4.79 Å². The van der Waals surface area contributed by atoms with Crippen molar-refractivity contribution in [1.29, 1.82) is 0 Å². The molecule has 0 unspecified atom stereocenters. The Bertz CT molecular complexity index is 687. The van der Waals surface area contributed by atoms with Gasteiger partial charge in [0.05, 0.1) is 6.54 Å². The highest BCUT2D eigenvalue weighted by Crippen LogP contribution is 2.12. The van der Waals surface area contributed by atoms with E-state index in [9.17, 15) is 4.79 Å². The standard InChI is InChI=1S/C43H80N2O/c1-5-7-9-11-13-15-17-19-21-23-25-27-29-31-33-35-40-45(42-43(46)38-37-39-44(3)4)41-36-34-32-30-28-26-24-22-20-18-16-14-12-10-8-6-2/h13-16,19-22H,5-12,17-18,23-42H2,1-4H3/b15-13-,16-14-,21-19-,22-20-. The molecule has 0 aliphatic heterocycles. The summed E-state index contributed by atoms with van der Waals surface area (Å²) >= 11 is 0. The maximum absolute atomic E-state index is 12.7. The van der Waals surface area contributed by atoms with E-state index in [2.05, 4.69) is 86.4 Å². The summed E-state index contributed by atoms with van der Waals surface area (Å²) in [4.78, 5) is 17.4. The number of unbranched alkanes of at least 4 members (excludes halogenated alkanes) is 18. The van der Waals surface area contributed by atoms with Gasteiger partial charge in [0.2, 0.25) is 0 Å². The quantitative estimate of drug-likeness (QED) is 0.0503. The van der Waals surface area contributed by atoms with Crippen LogP contribution in [0.25, 0.3) is 0 Å². The van der Waals surface area contributed by atoms with Crippen LogP contribution in [0.1, 0.15) is 181 Å². The molecule has 0 aliphatic carbocycles. The Morgan fingerprint density at radius 3 is 1.20 bits per heavy atom. The van der Waals surface area contributed by atoms with Crippen LogP contribution in [0.3, 0.4) is 0 Å². The largest absolute Gasteiger partial charge is 0.309 e. The van der Waals surface area contributed by atoms with Crippen LogP contribution in [0.2, 0.25) is 0 Å². The van der Waals surface area contributed by atoms with Gasteiger partial charge in [-0.05, 0) is 117 Å². The first-order valence-electron chi connectivity index (χ1n) is 20.1. The normalized spacial score (nSPS) is 12.5. The fourth-order valence-electron chi connectivity index (χ4n) is 5.84. The lowest BCUT2D eigenvalue weighted by molar-refractivity contribution is -0.120. The van der Waals surface area contributed by atoms with Crippen molar-refractivity contribution in [2.75, 3.05) is 40.3 Å². The zero-order valence-electron chi connectivity index (χ0n) is 31.6. The highest BCUT2D eigenvalue weighted by Gasteiger charge is 2.11. The number of carbonyl (C=O) groups is 1. The van der Waals surface area contributed by atoms with Crippen molar-refractivity contribution in [2.45, 2.75) is 181 Å². The number of nitrogens with zero attached hydrogens (tertiary/aromatic N) is 2. The third-order valence-electron chi connectivity index (χ3n) is 8.81. The molecule has 0 aromatic rings. The Kier molecular flexibility index (Phi) is 36.8. The van der Waals surface area contributed by atoms with Crippen LogP contribution < -0.4 is 0 Å². The van der Waals surface area contributed by atoms with E-state index in [0.717, 1.165) is 45.3 Å². The van der Waals surface area contributed by atoms with Crippen LogP contribution in [0.15, 0.2) is 48.6 Å². The van der Waals surface area contributed by atoms with E-state index in [1.807, 2.05) is 0 Å². The molecule has 0 N–H and O–H groups in total. The Morgan fingerprint density at radius 1 is 0.435 bits per heavy atom. The van der Waals surface area contributed by atoms with E-state index in [0.29, 0.717) is 12.3 Å². The van der Waals surface area contributed by atoms with Crippen molar-refractivity contribution in [3.63, 3.8) is 0 Å². The fraction of sp³-hybridized carbons (Fsp3) is 0.791. The number of allylic oxidation sites excluding steroid dienone is 8. The van der Waals surface area contributed by atoms with E-state index in [1.54, 1.807) is 0 Å². The molecule has 0 aromatic carbocycles. The van der Waals surface area contributed by atoms with Crippen molar-refractivity contribution >= 4 is 5.78 Å². The summed E-state index contributed by atoms with van der Waals surface area (Å²) in [5.74, 6) is 0.432. The van der Waals surface area contributed by atoms with Gasteiger partial charge in [0.25, 0.3) is 0 Å². The maximum atomic E-state index is 12.7. The first-order chi connectivity index (χ1) is 22.6. The number of hydrogen-bond donors (Lipinski definition) is 0. The molecule has 0 saturated heterocycles. The molecule has 46 heavy (non-hydrogen) atoms. The third-order valence-corrected chi connectivity index (χ3v) is 8.81. The molecule has 0 atom stereocenters. The molecule has 0 amide bonds. The van der Waals surface area contributed by atoms with Crippen LogP contribution in [-0.4, -0.2) is 55.9 Å². The summed E-state index contributed by atoms with van der Waals surface area (Å²) in [5.41, 5.74) is 0. The summed E-state index contributed by atoms with van der Waals surface area (Å²) < 4.78 is 0. The lowest BCUT2D eigenvalue weighted by Gasteiger charge is -2.22. The van der Waals surface area contributed by atoms with Crippen LogP contribution in [0.5, 0.6) is 0 Å². The molecular weight excluding hydrogens is 560 g/mol. The Hall–Kier alpha value is -1.45. The molecule has 0 spiro atoms. The zero-order valence-corrected chi connectivity index (χ0v) is 31.6. The van der Waals surface area contributed by atoms with Gasteiger partial charge in [-0.15, -0.1) is 0 Å². The molecule has 0 heterocycles. The molecule has 3 heteroatoms. The Labute approximate surface area is 289 Å². The molecule has 0 radical (unpaired) electrons. The van der Waals surface area contributed by atoms with Gasteiger partial charge in [0, 0.05) is 6.42 Å². The average molecular weight is 641 g/mol. The van der Waals surface area contributed by atoms with E-state index in [-0.39, 0.29) is 0 Å². The predicted octanol–water partition coefficient (Wildman–Crippen LogP) is 12.8. The molecule has 0 rings (SSSR count). The summed E-state index contributed by atoms with van der Waals surface area (Å²) in [6.45, 7) is 8.38. The van der Waals surface area contributed by atoms with Gasteiger partial charge in [-0.1, -0.05) is 140 Å². The van der Waals surface area contributed by atoms with Gasteiger partial charge in [0.1, 0.15) is 5.78 Å². The monoisotopic (exact) mass is 641 g/mol. The molecule has 268 valence electrons. The maximum Gasteiger partial charge on any atom is 0.146 e. The number of rotatable bonds is 36. The van der Waals surface area contributed by atoms with E-state index >= 15 is 0 Å². The summed E-state index contributed by atoms with van der Waals surface area (Å²) in [6, 6.07) is 0. The third kappa shape index (κ3) is 37.0. The van der Waals surface area contributed by atoms with Crippen LogP contribution in [0.4, 0.5) is 0 Å².